The number of rotatable bonds is 1. The zero-order chi connectivity index (χ0) is 19.4. The third-order valence-corrected chi connectivity index (χ3v) is 5.58. The predicted octanol–water partition coefficient (Wildman–Crippen LogP) is 6.11. The summed E-state index contributed by atoms with van der Waals surface area (Å²) in [6.07, 6.45) is 0. The summed E-state index contributed by atoms with van der Waals surface area (Å²) in [6.45, 7) is 6.27. The Kier molecular flexibility index (Phi) is 3.59. The van der Waals surface area contributed by atoms with Gasteiger partial charge in [-0.15, -0.1) is 0 Å². The van der Waals surface area contributed by atoms with Crippen molar-refractivity contribution < 1.29 is 0 Å². The minimum Gasteiger partial charge on any atom is -0.398 e. The molecule has 28 heavy (non-hydrogen) atoms. The van der Waals surface area contributed by atoms with Gasteiger partial charge in [-0.1, -0.05) is 42.5 Å². The zero-order valence-corrected chi connectivity index (χ0v) is 16.2. The Hall–Kier alpha value is -3.46. The topological polar surface area (TPSA) is 51.8 Å². The van der Waals surface area contributed by atoms with Crippen LogP contribution in [0.3, 0.4) is 0 Å². The third-order valence-electron chi connectivity index (χ3n) is 5.58. The van der Waals surface area contributed by atoms with Gasteiger partial charge in [0.05, 0.1) is 16.7 Å². The standard InChI is InChI=1S/C25H21N3/c1-14-12-17(24-16(3)28-22-11-7-5-9-19(22)25(24)26)13-20-18-8-4-6-10-21(18)27-15(2)23(14)20/h4-13H,1-3H3,(H2,26,28). The highest BCUT2D eigenvalue weighted by atomic mass is 14.7. The number of hydrogen-bond acceptors (Lipinski definition) is 3. The van der Waals surface area contributed by atoms with Crippen molar-refractivity contribution in [3.8, 4) is 11.1 Å². The second-order valence-electron chi connectivity index (χ2n) is 7.43. The summed E-state index contributed by atoms with van der Waals surface area (Å²) >= 11 is 0. The Labute approximate surface area is 163 Å². The number of para-hydroxylation sites is 2. The molecule has 0 radical (unpaired) electrons. The number of hydrogen-bond donors (Lipinski definition) is 1. The van der Waals surface area contributed by atoms with Crippen LogP contribution >= 0.6 is 0 Å². The van der Waals surface area contributed by atoms with E-state index in [9.17, 15) is 0 Å². The van der Waals surface area contributed by atoms with Crippen molar-refractivity contribution in [3.05, 3.63) is 77.6 Å². The number of fused-ring (bicyclic) bond motifs is 4. The van der Waals surface area contributed by atoms with E-state index in [1.54, 1.807) is 0 Å². The van der Waals surface area contributed by atoms with E-state index in [1.165, 1.54) is 16.3 Å². The van der Waals surface area contributed by atoms with Gasteiger partial charge in [0.15, 0.2) is 0 Å². The van der Waals surface area contributed by atoms with E-state index in [2.05, 4.69) is 44.2 Å². The molecule has 0 aliphatic rings. The summed E-state index contributed by atoms with van der Waals surface area (Å²) in [7, 11) is 0. The lowest BCUT2D eigenvalue weighted by molar-refractivity contribution is 1.25. The fraction of sp³-hybridized carbons (Fsp3) is 0.120. The van der Waals surface area contributed by atoms with Gasteiger partial charge >= 0.3 is 0 Å². The van der Waals surface area contributed by atoms with Crippen LogP contribution in [-0.4, -0.2) is 9.97 Å². The number of aryl methyl sites for hydroxylation is 3. The lowest BCUT2D eigenvalue weighted by Gasteiger charge is -2.16. The number of pyridine rings is 2. The molecule has 136 valence electrons. The number of benzene rings is 3. The summed E-state index contributed by atoms with van der Waals surface area (Å²) in [4.78, 5) is 9.62. The molecular weight excluding hydrogens is 342 g/mol. The van der Waals surface area contributed by atoms with Crippen LogP contribution in [0.15, 0.2) is 60.7 Å². The fourth-order valence-corrected chi connectivity index (χ4v) is 4.39. The lowest BCUT2D eigenvalue weighted by Crippen LogP contribution is -1.99. The summed E-state index contributed by atoms with van der Waals surface area (Å²) in [6, 6.07) is 20.8. The highest BCUT2D eigenvalue weighted by molar-refractivity contribution is 6.10. The molecule has 2 aromatic heterocycles. The van der Waals surface area contributed by atoms with Crippen LogP contribution in [-0.2, 0) is 0 Å². The Balaban J connectivity index is 1.91. The molecule has 2 N–H and O–H groups in total. The first-order valence-electron chi connectivity index (χ1n) is 9.49. The van der Waals surface area contributed by atoms with Crippen molar-refractivity contribution in [2.45, 2.75) is 20.8 Å². The molecule has 0 unspecified atom stereocenters. The normalized spacial score (nSPS) is 11.5. The average Bonchev–Trinajstić information content (AvgIpc) is 2.68. The van der Waals surface area contributed by atoms with Crippen molar-refractivity contribution in [1.29, 1.82) is 0 Å². The molecule has 2 heterocycles. The van der Waals surface area contributed by atoms with Gasteiger partial charge in [-0.3, -0.25) is 9.97 Å². The molecule has 0 aliphatic carbocycles. The van der Waals surface area contributed by atoms with Gasteiger partial charge in [-0.25, -0.2) is 0 Å². The molecule has 3 aromatic carbocycles. The van der Waals surface area contributed by atoms with Gasteiger partial charge in [0.2, 0.25) is 0 Å². The lowest BCUT2D eigenvalue weighted by atomic mass is 9.92. The maximum atomic E-state index is 6.64. The number of nitrogens with two attached hydrogens (primary N) is 1. The van der Waals surface area contributed by atoms with Crippen molar-refractivity contribution >= 4 is 38.3 Å². The SMILES string of the molecule is Cc1nc2ccccc2c(N)c1-c1cc(C)c2c(C)nc3ccccc3c2c1. The van der Waals surface area contributed by atoms with Crippen molar-refractivity contribution in [1.82, 2.24) is 9.97 Å². The molecule has 3 nitrogen and oxygen atoms in total. The number of nitrogen functional groups attached to an aromatic ring is 1. The zero-order valence-electron chi connectivity index (χ0n) is 16.2. The van der Waals surface area contributed by atoms with Crippen LogP contribution in [0.5, 0.6) is 0 Å². The Morgan fingerprint density at radius 2 is 1.29 bits per heavy atom. The summed E-state index contributed by atoms with van der Waals surface area (Å²) < 4.78 is 0. The molecule has 3 heteroatoms. The first-order chi connectivity index (χ1) is 13.5. The quantitative estimate of drug-likeness (QED) is 0.366. The van der Waals surface area contributed by atoms with Crippen LogP contribution in [0.2, 0.25) is 0 Å². The average molecular weight is 363 g/mol. The summed E-state index contributed by atoms with van der Waals surface area (Å²) in [5, 5.41) is 4.59. The van der Waals surface area contributed by atoms with Crippen molar-refractivity contribution in [2.75, 3.05) is 5.73 Å². The molecule has 0 bridgehead atoms. The van der Waals surface area contributed by atoms with Gasteiger partial charge in [0.25, 0.3) is 0 Å². The minimum absolute atomic E-state index is 0.789. The summed E-state index contributed by atoms with van der Waals surface area (Å²) in [5.74, 6) is 0. The largest absolute Gasteiger partial charge is 0.398 e. The van der Waals surface area contributed by atoms with Crippen LogP contribution in [0, 0.1) is 20.8 Å². The maximum Gasteiger partial charge on any atom is 0.0726 e. The smallest absolute Gasteiger partial charge is 0.0726 e. The van der Waals surface area contributed by atoms with Crippen molar-refractivity contribution in [3.63, 3.8) is 0 Å². The van der Waals surface area contributed by atoms with E-state index in [0.717, 1.165) is 50.0 Å². The van der Waals surface area contributed by atoms with Gasteiger partial charge in [0.1, 0.15) is 0 Å². The number of aromatic nitrogens is 2. The van der Waals surface area contributed by atoms with E-state index >= 15 is 0 Å². The van der Waals surface area contributed by atoms with E-state index in [4.69, 9.17) is 15.7 Å². The van der Waals surface area contributed by atoms with E-state index < -0.39 is 0 Å². The predicted molar refractivity (Wildman–Crippen MR) is 119 cm³/mol. The Bertz CT molecular complexity index is 1400. The molecule has 0 aliphatic heterocycles. The molecular formula is C25H21N3. The Morgan fingerprint density at radius 3 is 2.04 bits per heavy atom. The van der Waals surface area contributed by atoms with Crippen LogP contribution in [0.1, 0.15) is 17.0 Å². The van der Waals surface area contributed by atoms with Gasteiger partial charge in [-0.2, -0.15) is 0 Å². The second kappa shape index (κ2) is 6.03. The van der Waals surface area contributed by atoms with E-state index in [0.29, 0.717) is 0 Å². The molecule has 0 saturated heterocycles. The molecule has 5 rings (SSSR count). The first kappa shape index (κ1) is 16.7. The van der Waals surface area contributed by atoms with Crippen LogP contribution < -0.4 is 5.73 Å². The monoisotopic (exact) mass is 363 g/mol. The molecule has 0 spiro atoms. The summed E-state index contributed by atoms with van der Waals surface area (Å²) in [5.41, 5.74) is 14.7. The second-order valence-corrected chi connectivity index (χ2v) is 7.43. The molecule has 0 amide bonds. The van der Waals surface area contributed by atoms with E-state index in [1.807, 2.05) is 37.3 Å². The third kappa shape index (κ3) is 2.36. The van der Waals surface area contributed by atoms with Gasteiger partial charge in [-0.05, 0) is 55.5 Å². The number of anilines is 1. The molecule has 5 aromatic rings. The van der Waals surface area contributed by atoms with Crippen LogP contribution in [0.4, 0.5) is 5.69 Å². The Morgan fingerprint density at radius 1 is 0.679 bits per heavy atom. The maximum absolute atomic E-state index is 6.64. The van der Waals surface area contributed by atoms with Gasteiger partial charge in [0, 0.05) is 33.1 Å². The first-order valence-corrected chi connectivity index (χ1v) is 9.49. The van der Waals surface area contributed by atoms with E-state index in [-0.39, 0.29) is 0 Å². The molecule has 0 atom stereocenters. The molecule has 0 saturated carbocycles. The highest BCUT2D eigenvalue weighted by Crippen LogP contribution is 2.38. The fourth-order valence-electron chi connectivity index (χ4n) is 4.39. The molecule has 0 fully saturated rings. The van der Waals surface area contributed by atoms with Crippen LogP contribution in [0.25, 0.3) is 43.7 Å². The van der Waals surface area contributed by atoms with Crippen molar-refractivity contribution in [2.24, 2.45) is 0 Å². The minimum atomic E-state index is 0.789. The number of nitrogens with zero attached hydrogens (tertiary/aromatic N) is 2. The van der Waals surface area contributed by atoms with Gasteiger partial charge < -0.3 is 5.73 Å². The highest BCUT2D eigenvalue weighted by Gasteiger charge is 2.15.